The standard InChI is InChI=1S/C16H20BrNO3S/c1-15(2)11-6-7-16(15,14(19)8-11)10-22(20,21)18-13-5-3-4-12(17)9-13/h3-5,9,11,18H,6-8,10H2,1-2H3/t11-,16+/m1/s1. The molecule has 6 heteroatoms. The molecule has 1 N–H and O–H groups in total. The first-order chi connectivity index (χ1) is 10.2. The minimum atomic E-state index is -3.57. The fourth-order valence-electron chi connectivity index (χ4n) is 4.20. The first-order valence-corrected chi connectivity index (χ1v) is 9.90. The van der Waals surface area contributed by atoms with Crippen molar-refractivity contribution in [2.45, 2.75) is 33.1 Å². The first kappa shape index (κ1) is 16.0. The maximum Gasteiger partial charge on any atom is 0.233 e. The van der Waals surface area contributed by atoms with Gasteiger partial charge < -0.3 is 0 Å². The highest BCUT2D eigenvalue weighted by molar-refractivity contribution is 9.10. The highest BCUT2D eigenvalue weighted by Crippen LogP contribution is 2.64. The van der Waals surface area contributed by atoms with Crippen molar-refractivity contribution in [1.29, 1.82) is 0 Å². The largest absolute Gasteiger partial charge is 0.299 e. The predicted octanol–water partition coefficient (Wildman–Crippen LogP) is 3.59. The van der Waals surface area contributed by atoms with Gasteiger partial charge in [-0.2, -0.15) is 0 Å². The Labute approximate surface area is 139 Å². The van der Waals surface area contributed by atoms with E-state index in [1.165, 1.54) is 0 Å². The smallest absolute Gasteiger partial charge is 0.233 e. The van der Waals surface area contributed by atoms with Crippen LogP contribution in [0, 0.1) is 16.7 Å². The lowest BCUT2D eigenvalue weighted by atomic mass is 9.70. The molecule has 0 spiro atoms. The summed E-state index contributed by atoms with van der Waals surface area (Å²) in [6.45, 7) is 4.09. The average molecular weight is 386 g/mol. The van der Waals surface area contributed by atoms with Crippen molar-refractivity contribution < 1.29 is 13.2 Å². The molecular formula is C16H20BrNO3S. The summed E-state index contributed by atoms with van der Waals surface area (Å²) in [6.07, 6.45) is 2.16. The lowest BCUT2D eigenvalue weighted by molar-refractivity contribution is -0.128. The molecule has 2 aliphatic carbocycles. The van der Waals surface area contributed by atoms with Gasteiger partial charge in [-0.15, -0.1) is 0 Å². The Bertz CT molecular complexity index is 729. The molecule has 0 radical (unpaired) electrons. The molecule has 0 amide bonds. The molecule has 2 saturated carbocycles. The molecule has 1 aromatic carbocycles. The van der Waals surface area contributed by atoms with Crippen molar-refractivity contribution in [2.75, 3.05) is 10.5 Å². The summed E-state index contributed by atoms with van der Waals surface area (Å²) < 4.78 is 28.6. The van der Waals surface area contributed by atoms with Crippen molar-refractivity contribution in [2.24, 2.45) is 16.7 Å². The second-order valence-corrected chi connectivity index (χ2v) is 9.68. The zero-order chi connectivity index (χ0) is 16.2. The van der Waals surface area contributed by atoms with Gasteiger partial charge >= 0.3 is 0 Å². The highest BCUT2D eigenvalue weighted by Gasteiger charge is 2.65. The maximum absolute atomic E-state index is 12.6. The lowest BCUT2D eigenvalue weighted by Gasteiger charge is -2.36. The summed E-state index contributed by atoms with van der Waals surface area (Å²) in [7, 11) is -3.57. The predicted molar refractivity (Wildman–Crippen MR) is 90.1 cm³/mol. The minimum Gasteiger partial charge on any atom is -0.299 e. The van der Waals surface area contributed by atoms with Crippen LogP contribution in [-0.2, 0) is 14.8 Å². The van der Waals surface area contributed by atoms with Crippen LogP contribution < -0.4 is 4.72 Å². The third-order valence-corrected chi connectivity index (χ3v) is 7.59. The quantitative estimate of drug-likeness (QED) is 0.860. The van der Waals surface area contributed by atoms with Gasteiger partial charge in [-0.1, -0.05) is 35.8 Å². The topological polar surface area (TPSA) is 63.2 Å². The van der Waals surface area contributed by atoms with Gasteiger partial charge in [0.2, 0.25) is 10.0 Å². The number of fused-ring (bicyclic) bond motifs is 2. The summed E-state index contributed by atoms with van der Waals surface area (Å²) in [6, 6.07) is 7.03. The number of benzene rings is 1. The molecule has 0 aliphatic heterocycles. The number of Topliss-reactive ketones (excluding diaryl/α,β-unsaturated/α-hetero) is 1. The monoisotopic (exact) mass is 385 g/mol. The Hall–Kier alpha value is -0.880. The van der Waals surface area contributed by atoms with Crippen molar-refractivity contribution >= 4 is 37.4 Å². The van der Waals surface area contributed by atoms with Crippen molar-refractivity contribution in [3.63, 3.8) is 0 Å². The van der Waals surface area contributed by atoms with Gasteiger partial charge in [0.1, 0.15) is 5.78 Å². The van der Waals surface area contributed by atoms with Crippen molar-refractivity contribution in [3.8, 4) is 0 Å². The second-order valence-electron chi connectivity index (χ2n) is 7.04. The average Bonchev–Trinajstić information content (AvgIpc) is 2.71. The van der Waals surface area contributed by atoms with Crippen LogP contribution in [0.2, 0.25) is 0 Å². The van der Waals surface area contributed by atoms with Gasteiger partial charge in [-0.05, 0) is 42.4 Å². The summed E-state index contributed by atoms with van der Waals surface area (Å²) >= 11 is 3.33. The molecular weight excluding hydrogens is 366 g/mol. The molecule has 0 aromatic heterocycles. The van der Waals surface area contributed by atoms with E-state index in [1.54, 1.807) is 18.2 Å². The van der Waals surface area contributed by atoms with Crippen LogP contribution >= 0.6 is 15.9 Å². The van der Waals surface area contributed by atoms with E-state index in [9.17, 15) is 13.2 Å². The van der Waals surface area contributed by atoms with E-state index in [4.69, 9.17) is 0 Å². The number of rotatable bonds is 4. The van der Waals surface area contributed by atoms with Crippen LogP contribution in [0.1, 0.15) is 33.1 Å². The number of carbonyl (C=O) groups excluding carboxylic acids is 1. The number of hydrogen-bond donors (Lipinski definition) is 1. The maximum atomic E-state index is 12.6. The van der Waals surface area contributed by atoms with Crippen LogP contribution in [0.15, 0.2) is 28.7 Å². The van der Waals surface area contributed by atoms with Crippen LogP contribution in [-0.4, -0.2) is 20.0 Å². The van der Waals surface area contributed by atoms with Gasteiger partial charge in [-0.25, -0.2) is 8.42 Å². The van der Waals surface area contributed by atoms with Crippen LogP contribution in [0.25, 0.3) is 0 Å². The van der Waals surface area contributed by atoms with E-state index in [-0.39, 0.29) is 17.0 Å². The van der Waals surface area contributed by atoms with E-state index in [2.05, 4.69) is 20.7 Å². The molecule has 120 valence electrons. The van der Waals surface area contributed by atoms with E-state index < -0.39 is 15.4 Å². The molecule has 3 rings (SSSR count). The van der Waals surface area contributed by atoms with Crippen molar-refractivity contribution in [3.05, 3.63) is 28.7 Å². The van der Waals surface area contributed by atoms with Crippen molar-refractivity contribution in [1.82, 2.24) is 0 Å². The number of ketones is 1. The zero-order valence-electron chi connectivity index (χ0n) is 12.7. The molecule has 0 saturated heterocycles. The molecule has 22 heavy (non-hydrogen) atoms. The zero-order valence-corrected chi connectivity index (χ0v) is 15.1. The molecule has 2 atom stereocenters. The summed E-state index contributed by atoms with van der Waals surface area (Å²) in [4.78, 5) is 12.5. The Morgan fingerprint density at radius 2 is 2.09 bits per heavy atom. The third kappa shape index (κ3) is 2.40. The fourth-order valence-corrected chi connectivity index (χ4v) is 6.48. The van der Waals surface area contributed by atoms with Gasteiger partial charge in [0.25, 0.3) is 0 Å². The van der Waals surface area contributed by atoms with Gasteiger partial charge in [0, 0.05) is 16.6 Å². The van der Waals surface area contributed by atoms with Gasteiger partial charge in [0.05, 0.1) is 11.2 Å². The third-order valence-electron chi connectivity index (χ3n) is 5.67. The van der Waals surface area contributed by atoms with Gasteiger partial charge in [-0.3, -0.25) is 9.52 Å². The summed E-state index contributed by atoms with van der Waals surface area (Å²) in [5.41, 5.74) is -0.449. The first-order valence-electron chi connectivity index (χ1n) is 7.46. The molecule has 2 bridgehead atoms. The molecule has 1 aromatic rings. The Morgan fingerprint density at radius 3 is 2.64 bits per heavy atom. The van der Waals surface area contributed by atoms with Crippen LogP contribution in [0.3, 0.4) is 0 Å². The summed E-state index contributed by atoms with van der Waals surface area (Å²) in [5.74, 6) is 0.323. The Balaban J connectivity index is 1.87. The second kappa shape index (κ2) is 5.06. The van der Waals surface area contributed by atoms with Gasteiger partial charge in [0.15, 0.2) is 0 Å². The van der Waals surface area contributed by atoms with E-state index in [0.29, 0.717) is 24.4 Å². The number of hydrogen-bond acceptors (Lipinski definition) is 3. The SMILES string of the molecule is CC1(C)[C@@H]2CC[C@]1(CS(=O)(=O)Nc1cccc(Br)c1)C(=O)C2. The summed E-state index contributed by atoms with van der Waals surface area (Å²) in [5, 5.41) is 0. The molecule has 0 unspecified atom stereocenters. The van der Waals surface area contributed by atoms with E-state index in [1.807, 2.05) is 19.9 Å². The van der Waals surface area contributed by atoms with E-state index in [0.717, 1.165) is 10.9 Å². The highest BCUT2D eigenvalue weighted by atomic mass is 79.9. The number of sulfonamides is 1. The van der Waals surface area contributed by atoms with Crippen LogP contribution in [0.5, 0.6) is 0 Å². The number of halogens is 1. The van der Waals surface area contributed by atoms with E-state index >= 15 is 0 Å². The molecule has 0 heterocycles. The normalized spacial score (nSPS) is 29.8. The van der Waals surface area contributed by atoms with Crippen LogP contribution in [0.4, 0.5) is 5.69 Å². The fraction of sp³-hybridized carbons (Fsp3) is 0.562. The molecule has 4 nitrogen and oxygen atoms in total. The Morgan fingerprint density at radius 1 is 1.36 bits per heavy atom. The minimum absolute atomic E-state index is 0.116. The molecule has 2 fully saturated rings. The number of anilines is 1. The lowest BCUT2D eigenvalue weighted by Crippen LogP contribution is -2.43. The number of nitrogens with one attached hydrogen (secondary N) is 1. The Kier molecular flexibility index (Phi) is 3.68. The number of carbonyl (C=O) groups is 1. The molecule has 2 aliphatic rings.